The van der Waals surface area contributed by atoms with Crippen LogP contribution in [0.25, 0.3) is 0 Å². The van der Waals surface area contributed by atoms with Gasteiger partial charge in [-0.05, 0) is 0 Å². The first-order valence-electron chi connectivity index (χ1n) is 4.59. The van der Waals surface area contributed by atoms with Crippen LogP contribution in [0.4, 0.5) is 0 Å². The lowest BCUT2D eigenvalue weighted by Gasteiger charge is -2.36. The Morgan fingerprint density at radius 2 is 2.50 bits per heavy atom. The van der Waals surface area contributed by atoms with E-state index in [1.165, 1.54) is 0 Å². The van der Waals surface area contributed by atoms with E-state index in [0.717, 1.165) is 32.8 Å². The summed E-state index contributed by atoms with van der Waals surface area (Å²) in [6.45, 7) is 8.76. The van der Waals surface area contributed by atoms with E-state index in [1.807, 2.05) is 6.08 Å². The van der Waals surface area contributed by atoms with Gasteiger partial charge in [0.25, 0.3) is 0 Å². The van der Waals surface area contributed by atoms with Gasteiger partial charge in [0.1, 0.15) is 0 Å². The third-order valence-electron chi connectivity index (χ3n) is 2.67. The minimum absolute atomic E-state index is 0.415. The number of fused-ring (bicyclic) bond motifs is 1. The van der Waals surface area contributed by atoms with E-state index in [-0.39, 0.29) is 0 Å². The quantitative estimate of drug-likeness (QED) is 0.580. The summed E-state index contributed by atoms with van der Waals surface area (Å²) in [5.41, 5.74) is 0. The molecule has 68 valence electrons. The average molecular weight is 168 g/mol. The van der Waals surface area contributed by atoms with E-state index in [4.69, 9.17) is 4.74 Å². The van der Waals surface area contributed by atoms with Crippen molar-refractivity contribution in [2.75, 3.05) is 32.8 Å². The molecule has 0 bridgehead atoms. The number of hydrogen-bond donors (Lipinski definition) is 1. The molecule has 0 aliphatic carbocycles. The van der Waals surface area contributed by atoms with Crippen LogP contribution >= 0.6 is 0 Å². The Hall–Kier alpha value is -0.380. The fraction of sp³-hybridized carbons (Fsp3) is 0.778. The van der Waals surface area contributed by atoms with Crippen molar-refractivity contribution in [2.45, 2.75) is 12.1 Å². The number of morpholine rings is 1. The van der Waals surface area contributed by atoms with E-state index >= 15 is 0 Å². The highest BCUT2D eigenvalue weighted by Crippen LogP contribution is 2.16. The van der Waals surface area contributed by atoms with Crippen molar-refractivity contribution in [3.05, 3.63) is 12.7 Å². The topological polar surface area (TPSA) is 24.5 Å². The van der Waals surface area contributed by atoms with Gasteiger partial charge >= 0.3 is 0 Å². The molecule has 0 saturated carbocycles. The summed E-state index contributed by atoms with van der Waals surface area (Å²) in [4.78, 5) is 2.45. The maximum absolute atomic E-state index is 5.64. The standard InChI is InChI=1S/C9H16N2O/c1-2-3-11-4-5-12-9-7-10-6-8(9)11/h2,8-10H,1,3-7H2/t8-,9-/m1/s1. The van der Waals surface area contributed by atoms with Gasteiger partial charge in [-0.1, -0.05) is 6.08 Å². The van der Waals surface area contributed by atoms with Gasteiger partial charge in [0, 0.05) is 32.2 Å². The summed E-state index contributed by atoms with van der Waals surface area (Å²) in [7, 11) is 0. The Morgan fingerprint density at radius 3 is 3.33 bits per heavy atom. The van der Waals surface area contributed by atoms with Crippen LogP contribution in [0.5, 0.6) is 0 Å². The summed E-state index contributed by atoms with van der Waals surface area (Å²) in [5, 5.41) is 3.35. The normalized spacial score (nSPS) is 36.3. The minimum Gasteiger partial charge on any atom is -0.374 e. The molecule has 2 aliphatic heterocycles. The average Bonchev–Trinajstić information content (AvgIpc) is 2.53. The third-order valence-corrected chi connectivity index (χ3v) is 2.67. The Morgan fingerprint density at radius 1 is 1.58 bits per heavy atom. The molecular weight excluding hydrogens is 152 g/mol. The zero-order valence-corrected chi connectivity index (χ0v) is 7.33. The highest BCUT2D eigenvalue weighted by molar-refractivity contribution is 4.94. The van der Waals surface area contributed by atoms with Gasteiger partial charge in [-0.15, -0.1) is 6.58 Å². The Kier molecular flexibility index (Phi) is 2.44. The molecular formula is C9H16N2O. The second-order valence-corrected chi connectivity index (χ2v) is 3.42. The summed E-state index contributed by atoms with van der Waals surface area (Å²) in [6, 6.07) is 0.580. The number of rotatable bonds is 2. The Bertz CT molecular complexity index is 172. The first-order valence-corrected chi connectivity index (χ1v) is 4.59. The molecule has 2 atom stereocenters. The van der Waals surface area contributed by atoms with Gasteiger partial charge in [-0.3, -0.25) is 4.90 Å². The van der Waals surface area contributed by atoms with Crippen LogP contribution in [0.2, 0.25) is 0 Å². The van der Waals surface area contributed by atoms with E-state index in [0.29, 0.717) is 12.1 Å². The first-order chi connectivity index (χ1) is 5.92. The number of nitrogens with zero attached hydrogens (tertiary/aromatic N) is 1. The summed E-state index contributed by atoms with van der Waals surface area (Å²) in [5.74, 6) is 0. The predicted molar refractivity (Wildman–Crippen MR) is 48.2 cm³/mol. The fourth-order valence-corrected chi connectivity index (χ4v) is 2.05. The first kappa shape index (κ1) is 8.23. The molecule has 2 saturated heterocycles. The molecule has 0 spiro atoms. The van der Waals surface area contributed by atoms with Crippen LogP contribution in [0.3, 0.4) is 0 Å². The van der Waals surface area contributed by atoms with E-state index < -0.39 is 0 Å². The fourth-order valence-electron chi connectivity index (χ4n) is 2.05. The van der Waals surface area contributed by atoms with Crippen LogP contribution in [0.15, 0.2) is 12.7 Å². The zero-order valence-electron chi connectivity index (χ0n) is 7.33. The number of hydrogen-bond acceptors (Lipinski definition) is 3. The lowest BCUT2D eigenvalue weighted by Crippen LogP contribution is -2.50. The second kappa shape index (κ2) is 3.56. The lowest BCUT2D eigenvalue weighted by molar-refractivity contribution is -0.0421. The molecule has 2 fully saturated rings. The molecule has 2 aliphatic rings. The van der Waals surface area contributed by atoms with Gasteiger partial charge < -0.3 is 10.1 Å². The van der Waals surface area contributed by atoms with E-state index in [9.17, 15) is 0 Å². The predicted octanol–water partition coefficient (Wildman–Crippen LogP) is -0.155. The largest absolute Gasteiger partial charge is 0.374 e. The van der Waals surface area contributed by atoms with Gasteiger partial charge in [0.2, 0.25) is 0 Å². The zero-order chi connectivity index (χ0) is 8.39. The van der Waals surface area contributed by atoms with E-state index in [1.54, 1.807) is 0 Å². The van der Waals surface area contributed by atoms with Crippen molar-refractivity contribution in [1.82, 2.24) is 10.2 Å². The van der Waals surface area contributed by atoms with Crippen LogP contribution < -0.4 is 5.32 Å². The van der Waals surface area contributed by atoms with Crippen molar-refractivity contribution in [1.29, 1.82) is 0 Å². The molecule has 0 aromatic carbocycles. The molecule has 2 heterocycles. The molecule has 0 amide bonds. The highest BCUT2D eigenvalue weighted by atomic mass is 16.5. The van der Waals surface area contributed by atoms with Crippen molar-refractivity contribution in [3.63, 3.8) is 0 Å². The Labute approximate surface area is 73.4 Å². The molecule has 0 aromatic heterocycles. The molecule has 1 N–H and O–H groups in total. The summed E-state index contributed by atoms with van der Waals surface area (Å²) >= 11 is 0. The van der Waals surface area contributed by atoms with Crippen LogP contribution in [0.1, 0.15) is 0 Å². The maximum Gasteiger partial charge on any atom is 0.0867 e. The highest BCUT2D eigenvalue weighted by Gasteiger charge is 2.34. The lowest BCUT2D eigenvalue weighted by atomic mass is 10.1. The van der Waals surface area contributed by atoms with Crippen LogP contribution in [-0.2, 0) is 4.74 Å². The van der Waals surface area contributed by atoms with Gasteiger partial charge in [-0.2, -0.15) is 0 Å². The Balaban J connectivity index is 1.98. The second-order valence-electron chi connectivity index (χ2n) is 3.42. The van der Waals surface area contributed by atoms with Crippen molar-refractivity contribution >= 4 is 0 Å². The minimum atomic E-state index is 0.415. The van der Waals surface area contributed by atoms with E-state index in [2.05, 4.69) is 16.8 Å². The molecule has 0 unspecified atom stereocenters. The van der Waals surface area contributed by atoms with Crippen molar-refractivity contribution < 1.29 is 4.74 Å². The number of ether oxygens (including phenoxy) is 1. The molecule has 2 rings (SSSR count). The van der Waals surface area contributed by atoms with Crippen molar-refractivity contribution in [3.8, 4) is 0 Å². The molecule has 3 nitrogen and oxygen atoms in total. The van der Waals surface area contributed by atoms with Crippen LogP contribution in [-0.4, -0.2) is 49.8 Å². The monoisotopic (exact) mass is 168 g/mol. The molecule has 0 radical (unpaired) electrons. The number of nitrogens with one attached hydrogen (secondary N) is 1. The van der Waals surface area contributed by atoms with Crippen LogP contribution in [0, 0.1) is 0 Å². The van der Waals surface area contributed by atoms with Crippen molar-refractivity contribution in [2.24, 2.45) is 0 Å². The molecule has 3 heteroatoms. The molecule has 12 heavy (non-hydrogen) atoms. The third kappa shape index (κ3) is 1.40. The van der Waals surface area contributed by atoms with Gasteiger partial charge in [0.15, 0.2) is 0 Å². The maximum atomic E-state index is 5.64. The summed E-state index contributed by atoms with van der Waals surface area (Å²) in [6.07, 6.45) is 2.39. The smallest absolute Gasteiger partial charge is 0.0867 e. The summed E-state index contributed by atoms with van der Waals surface area (Å²) < 4.78 is 5.64. The van der Waals surface area contributed by atoms with Gasteiger partial charge in [0.05, 0.1) is 12.7 Å². The SMILES string of the molecule is C=CCN1CCO[C@@H]2CNC[C@H]21. The molecule has 0 aromatic rings. The van der Waals surface area contributed by atoms with Gasteiger partial charge in [-0.25, -0.2) is 0 Å².